The van der Waals surface area contributed by atoms with E-state index in [0.29, 0.717) is 43.2 Å². The van der Waals surface area contributed by atoms with Crippen molar-refractivity contribution in [2.45, 2.75) is 77.7 Å². The van der Waals surface area contributed by atoms with Gasteiger partial charge in [0.2, 0.25) is 0 Å². The van der Waals surface area contributed by atoms with Gasteiger partial charge in [0.25, 0.3) is 0 Å². The maximum Gasteiger partial charge on any atom is 0.320 e. The summed E-state index contributed by atoms with van der Waals surface area (Å²) in [4.78, 5) is 41.2. The summed E-state index contributed by atoms with van der Waals surface area (Å²) >= 11 is 0. The highest BCUT2D eigenvalue weighted by Gasteiger charge is 2.63. The maximum absolute atomic E-state index is 13.7. The molecule has 5 aliphatic rings. The van der Waals surface area contributed by atoms with Crippen LogP contribution in [0.15, 0.2) is 0 Å². The number of Topliss-reactive ketones (excluding diaryl/α,β-unsaturated/α-hetero) is 2. The van der Waals surface area contributed by atoms with Gasteiger partial charge in [0.1, 0.15) is 11.6 Å². The fourth-order valence-corrected chi connectivity index (χ4v) is 9.01. The molecule has 0 aromatic carbocycles. The molecular weight excluding hydrogens is 446 g/mol. The Kier molecular flexibility index (Phi) is 7.14. The largest absolute Gasteiger partial charge is 0.464 e. The van der Waals surface area contributed by atoms with Crippen molar-refractivity contribution in [3.05, 3.63) is 0 Å². The van der Waals surface area contributed by atoms with Crippen LogP contribution in [0.2, 0.25) is 0 Å². The number of aliphatic hydroxyl groups is 1. The minimum atomic E-state index is -0.284. The molecule has 1 N–H and O–H groups in total. The molecule has 0 aromatic rings. The molecule has 1 saturated heterocycles. The number of fused-ring (bicyclic) bond motifs is 5. The molecular formula is C28H43NO6. The number of carbonyl (C=O) groups excluding carboxylic acids is 3. The monoisotopic (exact) mass is 489 g/mol. The van der Waals surface area contributed by atoms with Crippen molar-refractivity contribution >= 4 is 17.5 Å². The third kappa shape index (κ3) is 4.61. The maximum atomic E-state index is 13.7. The minimum Gasteiger partial charge on any atom is -0.464 e. The van der Waals surface area contributed by atoms with Gasteiger partial charge in [-0.25, -0.2) is 0 Å². The number of carbonyl (C=O) groups is 3. The summed E-state index contributed by atoms with van der Waals surface area (Å²) in [6, 6.07) is 0. The number of rotatable bonds is 6. The van der Waals surface area contributed by atoms with E-state index in [9.17, 15) is 19.5 Å². The number of aliphatic hydroxyl groups excluding tert-OH is 1. The van der Waals surface area contributed by atoms with Gasteiger partial charge >= 0.3 is 5.97 Å². The first-order valence-corrected chi connectivity index (χ1v) is 13.9. The number of morpholine rings is 1. The molecule has 0 spiro atoms. The molecule has 7 heteroatoms. The number of ether oxygens (including phenoxy) is 2. The van der Waals surface area contributed by atoms with Gasteiger partial charge in [0.05, 0.1) is 32.5 Å². The summed E-state index contributed by atoms with van der Waals surface area (Å²) in [7, 11) is 0. The van der Waals surface area contributed by atoms with Crippen LogP contribution in [0.1, 0.15) is 71.6 Å². The van der Waals surface area contributed by atoms with Gasteiger partial charge < -0.3 is 14.6 Å². The molecule has 5 rings (SSSR count). The van der Waals surface area contributed by atoms with Crippen LogP contribution in [-0.2, 0) is 23.9 Å². The first kappa shape index (κ1) is 25.3. The predicted octanol–water partition coefficient (Wildman–Crippen LogP) is 3.02. The van der Waals surface area contributed by atoms with Crippen molar-refractivity contribution in [2.75, 3.05) is 39.5 Å². The minimum absolute atomic E-state index is 0.00264. The normalized spacial score (nSPS) is 43.7. The van der Waals surface area contributed by atoms with Crippen molar-refractivity contribution in [1.29, 1.82) is 0 Å². The van der Waals surface area contributed by atoms with Crippen molar-refractivity contribution in [3.8, 4) is 0 Å². The Morgan fingerprint density at radius 3 is 2.63 bits per heavy atom. The second-order valence-electron chi connectivity index (χ2n) is 12.6. The summed E-state index contributed by atoms with van der Waals surface area (Å²) in [6.07, 6.45) is 7.09. The Bertz CT molecular complexity index is 839. The number of ketones is 2. The second kappa shape index (κ2) is 9.86. The van der Waals surface area contributed by atoms with E-state index in [-0.39, 0.29) is 60.1 Å². The summed E-state index contributed by atoms with van der Waals surface area (Å²) in [5.74, 6) is 1.40. The molecule has 7 nitrogen and oxygen atoms in total. The number of esters is 1. The topological polar surface area (TPSA) is 93.1 Å². The van der Waals surface area contributed by atoms with Crippen LogP contribution in [0.3, 0.4) is 0 Å². The molecule has 196 valence electrons. The Morgan fingerprint density at radius 1 is 1.09 bits per heavy atom. The van der Waals surface area contributed by atoms with E-state index in [1.807, 2.05) is 4.90 Å². The van der Waals surface area contributed by atoms with Crippen LogP contribution in [0.4, 0.5) is 0 Å². The van der Waals surface area contributed by atoms with E-state index < -0.39 is 0 Å². The zero-order chi connectivity index (χ0) is 24.8. The molecule has 0 aromatic heterocycles. The highest BCUT2D eigenvalue weighted by Crippen LogP contribution is 2.66. The lowest BCUT2D eigenvalue weighted by Crippen LogP contribution is -2.58. The quantitative estimate of drug-likeness (QED) is 0.573. The molecule has 0 bridgehead atoms. The highest BCUT2D eigenvalue weighted by molar-refractivity contribution is 5.88. The molecule has 0 unspecified atom stereocenters. The average molecular weight is 490 g/mol. The predicted molar refractivity (Wildman–Crippen MR) is 129 cm³/mol. The van der Waals surface area contributed by atoms with Crippen molar-refractivity contribution < 1.29 is 29.0 Å². The van der Waals surface area contributed by atoms with E-state index >= 15 is 0 Å². The zero-order valence-corrected chi connectivity index (χ0v) is 21.5. The molecule has 5 fully saturated rings. The van der Waals surface area contributed by atoms with Gasteiger partial charge in [-0.05, 0) is 73.5 Å². The molecule has 1 heterocycles. The lowest BCUT2D eigenvalue weighted by molar-refractivity contribution is -0.162. The van der Waals surface area contributed by atoms with E-state index in [1.165, 1.54) is 0 Å². The van der Waals surface area contributed by atoms with Crippen LogP contribution < -0.4 is 0 Å². The van der Waals surface area contributed by atoms with Crippen LogP contribution >= 0.6 is 0 Å². The van der Waals surface area contributed by atoms with E-state index in [4.69, 9.17) is 9.47 Å². The molecule has 0 radical (unpaired) electrons. The van der Waals surface area contributed by atoms with Gasteiger partial charge in [0, 0.05) is 37.8 Å². The molecule has 0 amide bonds. The lowest BCUT2D eigenvalue weighted by Gasteiger charge is -2.59. The SMILES string of the molecule is C[C@]12CC[C@@H](O)C[C@@H]1CC[C@H]1[C@@H]3CC[C@H](C(=O)CCOC(=O)CN4CCOCC4)[C@@]3(C)CC(=O)[C@@H]12. The fraction of sp³-hybridized carbons (Fsp3) is 0.893. The Labute approximate surface area is 209 Å². The Morgan fingerprint density at radius 2 is 1.86 bits per heavy atom. The van der Waals surface area contributed by atoms with Crippen molar-refractivity contribution in [2.24, 2.45) is 40.4 Å². The van der Waals surface area contributed by atoms with Crippen molar-refractivity contribution in [3.63, 3.8) is 0 Å². The fourth-order valence-electron chi connectivity index (χ4n) is 9.01. The summed E-state index contributed by atoms with van der Waals surface area (Å²) < 4.78 is 10.7. The Hall–Kier alpha value is -1.31. The smallest absolute Gasteiger partial charge is 0.320 e. The molecule has 4 saturated carbocycles. The molecule has 8 atom stereocenters. The third-order valence-corrected chi connectivity index (χ3v) is 10.8. The molecule has 4 aliphatic carbocycles. The zero-order valence-electron chi connectivity index (χ0n) is 21.5. The van der Waals surface area contributed by atoms with E-state index in [2.05, 4.69) is 13.8 Å². The third-order valence-electron chi connectivity index (χ3n) is 10.8. The van der Waals surface area contributed by atoms with Crippen molar-refractivity contribution in [1.82, 2.24) is 4.90 Å². The van der Waals surface area contributed by atoms with Gasteiger partial charge in [-0.2, -0.15) is 0 Å². The second-order valence-corrected chi connectivity index (χ2v) is 12.6. The van der Waals surface area contributed by atoms with Crippen LogP contribution in [0.25, 0.3) is 0 Å². The lowest BCUT2D eigenvalue weighted by atomic mass is 9.44. The summed E-state index contributed by atoms with van der Waals surface area (Å²) in [5.41, 5.74) is -0.276. The highest BCUT2D eigenvalue weighted by atomic mass is 16.5. The first-order valence-electron chi connectivity index (χ1n) is 13.9. The van der Waals surface area contributed by atoms with Gasteiger partial charge in [-0.3, -0.25) is 19.3 Å². The summed E-state index contributed by atoms with van der Waals surface area (Å²) in [6.45, 7) is 7.59. The molecule has 1 aliphatic heterocycles. The number of nitrogens with zero attached hydrogens (tertiary/aromatic N) is 1. The standard InChI is InChI=1S/C28H43NO6/c1-27-9-7-19(30)15-18(27)3-4-20-21-5-6-22(28(21,2)16-24(32)26(20)27)23(31)8-12-35-25(33)17-29-10-13-34-14-11-29/h18-22,26,30H,3-17H2,1-2H3/t18-,19+,20-,21-,22+,26+,27-,28-/m0/s1. The van der Waals surface area contributed by atoms with E-state index in [0.717, 1.165) is 58.0 Å². The van der Waals surface area contributed by atoms with Gasteiger partial charge in [-0.1, -0.05) is 13.8 Å². The van der Waals surface area contributed by atoms with Gasteiger partial charge in [-0.15, -0.1) is 0 Å². The van der Waals surface area contributed by atoms with Crippen LogP contribution in [-0.4, -0.2) is 73.1 Å². The number of hydrogen-bond acceptors (Lipinski definition) is 7. The molecule has 35 heavy (non-hydrogen) atoms. The first-order chi connectivity index (χ1) is 16.7. The summed E-state index contributed by atoms with van der Waals surface area (Å²) in [5, 5.41) is 10.2. The van der Waals surface area contributed by atoms with Crippen LogP contribution in [0.5, 0.6) is 0 Å². The van der Waals surface area contributed by atoms with Gasteiger partial charge in [0.15, 0.2) is 0 Å². The Balaban J connectivity index is 1.19. The van der Waals surface area contributed by atoms with Crippen LogP contribution in [0, 0.1) is 40.4 Å². The number of hydrogen-bond donors (Lipinski definition) is 1. The average Bonchev–Trinajstić information content (AvgIpc) is 3.16. The van der Waals surface area contributed by atoms with E-state index in [1.54, 1.807) is 0 Å².